The molecule has 0 aromatic carbocycles. The molecule has 54 valence electrons. The lowest BCUT2D eigenvalue weighted by Gasteiger charge is -2.25. The van der Waals surface area contributed by atoms with Crippen molar-refractivity contribution < 1.29 is 10.6 Å². The lowest BCUT2D eigenvalue weighted by molar-refractivity contribution is 0.173. The zero-order chi connectivity index (χ0) is 10.1. The second kappa shape index (κ2) is 3.85. The highest BCUT2D eigenvalue weighted by Crippen LogP contribution is 2.06. The van der Waals surface area contributed by atoms with Crippen LogP contribution in [0.25, 0.3) is 0 Å². The highest BCUT2D eigenvalue weighted by atomic mass is 16.3. The Morgan fingerprint density at radius 2 is 2.00 bits per heavy atom. The summed E-state index contributed by atoms with van der Waals surface area (Å²) in [7, 11) is 0. The van der Waals surface area contributed by atoms with Crippen LogP contribution in [0.1, 0.15) is 24.7 Å². The molecule has 1 saturated heterocycles. The average Bonchev–Trinajstić information content (AvgIpc) is 2.04. The Kier molecular flexibility index (Phi) is 1.44. The van der Waals surface area contributed by atoms with E-state index in [0.29, 0.717) is 13.1 Å². The van der Waals surface area contributed by atoms with Gasteiger partial charge in [-0.05, 0) is 25.9 Å². The second-order valence-corrected chi connectivity index (χ2v) is 2.27. The summed E-state index contributed by atoms with van der Waals surface area (Å²) in [4.78, 5) is 1.37. The standard InChI is InChI=1S/C7H15NO/c9-7-6-8-4-2-1-3-5-8/h9H,1-7H2/i6D2,7D2. The number of nitrogens with zero attached hydrogens (tertiary/aromatic N) is 1. The Bertz CT molecular complexity index is 174. The first-order valence-corrected chi connectivity index (χ1v) is 3.33. The van der Waals surface area contributed by atoms with Crippen LogP contribution in [-0.2, 0) is 0 Å². The largest absolute Gasteiger partial charge is 0.395 e. The molecule has 1 N–H and O–H groups in total. The Hall–Kier alpha value is -0.0800. The van der Waals surface area contributed by atoms with Crippen molar-refractivity contribution in [2.45, 2.75) is 19.3 Å². The molecule has 0 amide bonds. The van der Waals surface area contributed by atoms with Crippen LogP contribution in [0.3, 0.4) is 0 Å². The number of likely N-dealkylation sites (tertiary alicyclic amines) is 1. The Labute approximate surface area is 62.1 Å². The van der Waals surface area contributed by atoms with Gasteiger partial charge in [-0.3, -0.25) is 0 Å². The van der Waals surface area contributed by atoms with Crippen molar-refractivity contribution in [2.75, 3.05) is 26.1 Å². The quantitative estimate of drug-likeness (QED) is 0.591. The van der Waals surface area contributed by atoms with Crippen LogP contribution in [0.4, 0.5) is 0 Å². The van der Waals surface area contributed by atoms with E-state index >= 15 is 0 Å². The minimum Gasteiger partial charge on any atom is -0.395 e. The fourth-order valence-electron chi connectivity index (χ4n) is 1.08. The van der Waals surface area contributed by atoms with Crippen molar-refractivity contribution in [2.24, 2.45) is 0 Å². The second-order valence-electron chi connectivity index (χ2n) is 2.27. The van der Waals surface area contributed by atoms with Crippen LogP contribution >= 0.6 is 0 Å². The molecular formula is C7H15NO. The van der Waals surface area contributed by atoms with Gasteiger partial charge in [0.25, 0.3) is 0 Å². The summed E-state index contributed by atoms with van der Waals surface area (Å²) in [5, 5.41) is 9.01. The van der Waals surface area contributed by atoms with Crippen molar-refractivity contribution in [3.8, 4) is 0 Å². The first-order valence-electron chi connectivity index (χ1n) is 5.33. The Balaban J connectivity index is 2.67. The predicted octanol–water partition coefficient (Wildman–Crippen LogP) is 0.465. The van der Waals surface area contributed by atoms with Crippen LogP contribution < -0.4 is 0 Å². The molecule has 0 saturated carbocycles. The van der Waals surface area contributed by atoms with Crippen molar-refractivity contribution in [1.29, 1.82) is 0 Å². The van der Waals surface area contributed by atoms with Crippen LogP contribution in [0.5, 0.6) is 0 Å². The molecular weight excluding hydrogens is 114 g/mol. The normalized spacial score (nSPS) is 32.1. The SMILES string of the molecule is [2H]C([2H])(O)C([2H])([2H])N1CCCCC1. The number of β-amino-alcohol motifs (C(OH)–C–C–N with tert-alkyl or cyclic N) is 1. The van der Waals surface area contributed by atoms with Gasteiger partial charge in [-0.25, -0.2) is 0 Å². The average molecular weight is 133 g/mol. The molecule has 2 heteroatoms. The maximum Gasteiger partial charge on any atom is 0.0577 e. The van der Waals surface area contributed by atoms with Gasteiger partial charge < -0.3 is 10.0 Å². The third-order valence-corrected chi connectivity index (χ3v) is 1.56. The van der Waals surface area contributed by atoms with Gasteiger partial charge in [0.15, 0.2) is 0 Å². The van der Waals surface area contributed by atoms with E-state index in [4.69, 9.17) is 10.6 Å². The number of hydrogen-bond donors (Lipinski definition) is 1. The van der Waals surface area contributed by atoms with Gasteiger partial charge in [0, 0.05) is 9.24 Å². The predicted molar refractivity (Wildman–Crippen MR) is 37.4 cm³/mol. The highest BCUT2D eigenvalue weighted by molar-refractivity contribution is 4.62. The fourth-order valence-corrected chi connectivity index (χ4v) is 1.08. The number of aliphatic hydroxyl groups is 1. The highest BCUT2D eigenvalue weighted by Gasteiger charge is 2.07. The lowest BCUT2D eigenvalue weighted by Crippen LogP contribution is -2.31. The van der Waals surface area contributed by atoms with E-state index in [0.717, 1.165) is 19.3 Å². The van der Waals surface area contributed by atoms with Crippen LogP contribution in [0.2, 0.25) is 0 Å². The Morgan fingerprint density at radius 3 is 2.56 bits per heavy atom. The molecule has 1 aliphatic rings. The van der Waals surface area contributed by atoms with Crippen LogP contribution in [0, 0.1) is 0 Å². The third-order valence-electron chi connectivity index (χ3n) is 1.56. The van der Waals surface area contributed by atoms with Crippen LogP contribution in [0.15, 0.2) is 0 Å². The van der Waals surface area contributed by atoms with Gasteiger partial charge in [-0.15, -0.1) is 0 Å². The monoisotopic (exact) mass is 133 g/mol. The summed E-state index contributed by atoms with van der Waals surface area (Å²) in [6.07, 6.45) is 2.80. The molecule has 1 aliphatic heterocycles. The van der Waals surface area contributed by atoms with Gasteiger partial charge in [-0.2, -0.15) is 0 Å². The molecule has 1 heterocycles. The molecule has 0 aromatic heterocycles. The van der Waals surface area contributed by atoms with Gasteiger partial charge in [0.05, 0.1) is 9.30 Å². The van der Waals surface area contributed by atoms with Crippen molar-refractivity contribution >= 4 is 0 Å². The number of rotatable bonds is 2. The van der Waals surface area contributed by atoms with Gasteiger partial charge in [0.2, 0.25) is 0 Å². The van der Waals surface area contributed by atoms with E-state index in [1.807, 2.05) is 0 Å². The molecule has 0 aromatic rings. The van der Waals surface area contributed by atoms with Crippen molar-refractivity contribution in [1.82, 2.24) is 4.90 Å². The summed E-state index contributed by atoms with van der Waals surface area (Å²) in [5.41, 5.74) is 0. The topological polar surface area (TPSA) is 23.5 Å². The molecule has 9 heavy (non-hydrogen) atoms. The van der Waals surface area contributed by atoms with Crippen molar-refractivity contribution in [3.05, 3.63) is 0 Å². The van der Waals surface area contributed by atoms with Gasteiger partial charge in [-0.1, -0.05) is 6.42 Å². The molecule has 2 nitrogen and oxygen atoms in total. The number of hydrogen-bond acceptors (Lipinski definition) is 2. The summed E-state index contributed by atoms with van der Waals surface area (Å²) >= 11 is 0. The molecule has 0 aliphatic carbocycles. The lowest BCUT2D eigenvalue weighted by atomic mass is 10.1. The molecule has 0 spiro atoms. The summed E-state index contributed by atoms with van der Waals surface area (Å²) in [6.45, 7) is -4.02. The van der Waals surface area contributed by atoms with Gasteiger partial charge in [0.1, 0.15) is 0 Å². The maximum absolute atomic E-state index is 9.01. The van der Waals surface area contributed by atoms with E-state index in [9.17, 15) is 0 Å². The van der Waals surface area contributed by atoms with E-state index < -0.39 is 13.1 Å². The zero-order valence-electron chi connectivity index (χ0n) is 9.43. The summed E-state index contributed by atoms with van der Waals surface area (Å²) in [5.74, 6) is 0. The summed E-state index contributed by atoms with van der Waals surface area (Å²) in [6, 6.07) is 0. The molecule has 0 bridgehead atoms. The summed E-state index contributed by atoms with van der Waals surface area (Å²) < 4.78 is 28.8. The zero-order valence-corrected chi connectivity index (χ0v) is 5.43. The Morgan fingerprint density at radius 1 is 1.33 bits per heavy atom. The molecule has 0 unspecified atom stereocenters. The third kappa shape index (κ3) is 2.33. The molecule has 1 fully saturated rings. The fraction of sp³-hybridized carbons (Fsp3) is 1.00. The molecule has 0 radical (unpaired) electrons. The van der Waals surface area contributed by atoms with Crippen molar-refractivity contribution in [3.63, 3.8) is 0 Å². The van der Waals surface area contributed by atoms with Gasteiger partial charge >= 0.3 is 0 Å². The first kappa shape index (κ1) is 3.35. The van der Waals surface area contributed by atoms with E-state index in [-0.39, 0.29) is 0 Å². The molecule has 0 atom stereocenters. The minimum atomic E-state index is -2.79. The molecule has 1 rings (SSSR count). The minimum absolute atomic E-state index is 0.521. The van der Waals surface area contributed by atoms with E-state index in [1.165, 1.54) is 4.90 Å². The number of piperidine rings is 1. The maximum atomic E-state index is 9.01. The van der Waals surface area contributed by atoms with E-state index in [1.54, 1.807) is 0 Å². The smallest absolute Gasteiger partial charge is 0.0577 e. The van der Waals surface area contributed by atoms with Crippen LogP contribution in [-0.4, -0.2) is 36.2 Å². The first-order chi connectivity index (χ1) is 5.86. The van der Waals surface area contributed by atoms with E-state index in [2.05, 4.69) is 0 Å².